The highest BCUT2D eigenvalue weighted by atomic mass is 35.5. The van der Waals surface area contributed by atoms with E-state index in [1.165, 1.54) is 10.6 Å². The number of rotatable bonds is 8. The molecule has 0 unspecified atom stereocenters. The van der Waals surface area contributed by atoms with Crippen LogP contribution in [0.25, 0.3) is 17.2 Å². The summed E-state index contributed by atoms with van der Waals surface area (Å²) >= 11 is 5.93. The maximum atomic E-state index is 12.4. The van der Waals surface area contributed by atoms with E-state index < -0.39 is 17.2 Å². The van der Waals surface area contributed by atoms with E-state index in [9.17, 15) is 14.4 Å². The molecule has 2 heterocycles. The Morgan fingerprint density at radius 1 is 1.27 bits per heavy atom. The maximum absolute atomic E-state index is 12.4. The van der Waals surface area contributed by atoms with Crippen molar-refractivity contribution in [3.63, 3.8) is 0 Å². The van der Waals surface area contributed by atoms with Crippen molar-refractivity contribution in [3.8, 4) is 0 Å². The molecule has 9 heteroatoms. The Morgan fingerprint density at radius 2 is 2.07 bits per heavy atom. The van der Waals surface area contributed by atoms with E-state index >= 15 is 0 Å². The second-order valence-electron chi connectivity index (χ2n) is 6.71. The summed E-state index contributed by atoms with van der Waals surface area (Å²) in [5, 5.41) is 0.571. The van der Waals surface area contributed by atoms with Crippen LogP contribution in [0.2, 0.25) is 5.02 Å². The molecule has 0 saturated carbocycles. The molecule has 0 aliphatic heterocycles. The first-order valence-electron chi connectivity index (χ1n) is 9.77. The van der Waals surface area contributed by atoms with Gasteiger partial charge in [-0.1, -0.05) is 37.1 Å². The van der Waals surface area contributed by atoms with Gasteiger partial charge in [0.25, 0.3) is 5.56 Å². The number of carbonyl (C=O) groups excluding carboxylic acids is 1. The lowest BCUT2D eigenvalue weighted by Crippen LogP contribution is -2.31. The predicted octanol–water partition coefficient (Wildman–Crippen LogP) is 3.12. The minimum absolute atomic E-state index is 0.122. The summed E-state index contributed by atoms with van der Waals surface area (Å²) in [6.07, 6.45) is 4.57. The van der Waals surface area contributed by atoms with Crippen molar-refractivity contribution >= 4 is 34.8 Å². The molecule has 30 heavy (non-hydrogen) atoms. The van der Waals surface area contributed by atoms with Gasteiger partial charge in [-0.3, -0.25) is 14.3 Å². The Bertz CT molecular complexity index is 1210. The smallest absolute Gasteiger partial charge is 0.331 e. The molecule has 0 saturated heterocycles. The monoisotopic (exact) mass is 430 g/mol. The number of carbonyl (C=O) groups is 1. The van der Waals surface area contributed by atoms with Crippen molar-refractivity contribution in [2.45, 2.75) is 46.4 Å². The zero-order valence-electron chi connectivity index (χ0n) is 16.9. The van der Waals surface area contributed by atoms with E-state index in [4.69, 9.17) is 16.3 Å². The number of ether oxygens (including phenoxy) is 1. The van der Waals surface area contributed by atoms with Gasteiger partial charge in [-0.15, -0.1) is 0 Å². The van der Waals surface area contributed by atoms with Crippen LogP contribution >= 0.6 is 11.6 Å². The van der Waals surface area contributed by atoms with Crippen molar-refractivity contribution < 1.29 is 9.53 Å². The average molecular weight is 431 g/mol. The molecule has 0 aliphatic rings. The Kier molecular flexibility index (Phi) is 6.89. The van der Waals surface area contributed by atoms with Crippen molar-refractivity contribution in [3.05, 3.63) is 67.6 Å². The first-order valence-corrected chi connectivity index (χ1v) is 10.1. The summed E-state index contributed by atoms with van der Waals surface area (Å²) in [6, 6.07) is 7.07. The zero-order valence-corrected chi connectivity index (χ0v) is 17.6. The van der Waals surface area contributed by atoms with Gasteiger partial charge >= 0.3 is 11.7 Å². The quantitative estimate of drug-likeness (QED) is 0.437. The molecule has 0 bridgehead atoms. The highest BCUT2D eigenvalue weighted by Crippen LogP contribution is 2.14. The Hall–Kier alpha value is -3.13. The molecule has 0 fully saturated rings. The standard InChI is InChI=1S/C21H23ClN4O4/c1-3-5-11-26-19-18(20(28)24-21(26)29)25(4-2)16(23-19)13-30-17(27)10-9-14-7-6-8-15(22)12-14/h6-10,12H,3-5,11,13H2,1-2H3,(H,24,28,29)/b10-9+. The molecular weight excluding hydrogens is 408 g/mol. The highest BCUT2D eigenvalue weighted by Gasteiger charge is 2.18. The third kappa shape index (κ3) is 4.71. The molecule has 3 aromatic rings. The predicted molar refractivity (Wildman–Crippen MR) is 115 cm³/mol. The Labute approximate surface area is 177 Å². The maximum Gasteiger partial charge on any atom is 0.331 e. The van der Waals surface area contributed by atoms with Gasteiger partial charge < -0.3 is 9.30 Å². The third-order valence-corrected chi connectivity index (χ3v) is 4.86. The minimum Gasteiger partial charge on any atom is -0.454 e. The number of aromatic nitrogens is 4. The van der Waals surface area contributed by atoms with Gasteiger partial charge in [-0.05, 0) is 37.1 Å². The summed E-state index contributed by atoms with van der Waals surface area (Å²) in [5.41, 5.74) is 0.380. The van der Waals surface area contributed by atoms with Crippen LogP contribution in [0.5, 0.6) is 0 Å². The second kappa shape index (κ2) is 9.58. The topological polar surface area (TPSA) is 99.0 Å². The number of unbranched alkanes of at least 4 members (excludes halogenated alkanes) is 1. The van der Waals surface area contributed by atoms with Crippen LogP contribution in [-0.4, -0.2) is 25.1 Å². The normalized spacial score (nSPS) is 11.4. The summed E-state index contributed by atoms with van der Waals surface area (Å²) < 4.78 is 8.41. The molecule has 3 rings (SSSR count). The fourth-order valence-electron chi connectivity index (χ4n) is 3.15. The van der Waals surface area contributed by atoms with Gasteiger partial charge in [0, 0.05) is 24.2 Å². The van der Waals surface area contributed by atoms with Crippen LogP contribution in [0.4, 0.5) is 0 Å². The molecule has 2 aromatic heterocycles. The number of hydrogen-bond acceptors (Lipinski definition) is 5. The van der Waals surface area contributed by atoms with Crippen LogP contribution in [0.15, 0.2) is 39.9 Å². The number of esters is 1. The number of fused-ring (bicyclic) bond motifs is 1. The summed E-state index contributed by atoms with van der Waals surface area (Å²) in [7, 11) is 0. The number of aryl methyl sites for hydroxylation is 2. The van der Waals surface area contributed by atoms with Crippen LogP contribution in [0.1, 0.15) is 38.1 Å². The summed E-state index contributed by atoms with van der Waals surface area (Å²) in [4.78, 5) is 43.5. The molecular formula is C21H23ClN4O4. The van der Waals surface area contributed by atoms with E-state index in [0.29, 0.717) is 35.1 Å². The first-order chi connectivity index (χ1) is 14.4. The molecule has 158 valence electrons. The molecule has 0 radical (unpaired) electrons. The molecule has 1 N–H and O–H groups in total. The highest BCUT2D eigenvalue weighted by molar-refractivity contribution is 6.30. The number of nitrogens with one attached hydrogen (secondary N) is 1. The van der Waals surface area contributed by atoms with E-state index in [1.807, 2.05) is 19.9 Å². The van der Waals surface area contributed by atoms with E-state index in [1.54, 1.807) is 28.8 Å². The fraction of sp³-hybridized carbons (Fsp3) is 0.333. The van der Waals surface area contributed by atoms with Crippen LogP contribution in [0.3, 0.4) is 0 Å². The van der Waals surface area contributed by atoms with Crippen molar-refractivity contribution in [1.82, 2.24) is 19.1 Å². The van der Waals surface area contributed by atoms with Crippen LogP contribution < -0.4 is 11.2 Å². The molecule has 8 nitrogen and oxygen atoms in total. The number of H-pyrrole nitrogens is 1. The van der Waals surface area contributed by atoms with Crippen molar-refractivity contribution in [2.75, 3.05) is 0 Å². The molecule has 0 amide bonds. The number of halogens is 1. The lowest BCUT2D eigenvalue weighted by molar-refractivity contribution is -0.139. The van der Waals surface area contributed by atoms with E-state index in [-0.39, 0.29) is 6.61 Å². The van der Waals surface area contributed by atoms with Crippen molar-refractivity contribution in [1.29, 1.82) is 0 Å². The van der Waals surface area contributed by atoms with Gasteiger partial charge in [0.2, 0.25) is 0 Å². The van der Waals surface area contributed by atoms with Crippen LogP contribution in [0, 0.1) is 0 Å². The van der Waals surface area contributed by atoms with E-state index in [2.05, 4.69) is 9.97 Å². The molecule has 0 atom stereocenters. The lowest BCUT2D eigenvalue weighted by Gasteiger charge is -2.06. The van der Waals surface area contributed by atoms with Crippen LogP contribution in [-0.2, 0) is 29.2 Å². The summed E-state index contributed by atoms with van der Waals surface area (Å²) in [6.45, 7) is 4.64. The molecule has 0 spiro atoms. The fourth-order valence-corrected chi connectivity index (χ4v) is 3.35. The Balaban J connectivity index is 1.85. The van der Waals surface area contributed by atoms with E-state index in [0.717, 1.165) is 18.4 Å². The number of hydrogen-bond donors (Lipinski definition) is 1. The largest absolute Gasteiger partial charge is 0.454 e. The lowest BCUT2D eigenvalue weighted by atomic mass is 10.2. The Morgan fingerprint density at radius 3 is 2.77 bits per heavy atom. The van der Waals surface area contributed by atoms with Gasteiger partial charge in [0.15, 0.2) is 11.2 Å². The third-order valence-electron chi connectivity index (χ3n) is 4.62. The number of nitrogens with zero attached hydrogens (tertiary/aromatic N) is 3. The first kappa shape index (κ1) is 21.6. The minimum atomic E-state index is -0.554. The van der Waals surface area contributed by atoms with Gasteiger partial charge in [-0.2, -0.15) is 0 Å². The molecule has 0 aliphatic carbocycles. The second-order valence-corrected chi connectivity index (χ2v) is 7.14. The molecule has 1 aromatic carbocycles. The van der Waals surface area contributed by atoms with Gasteiger partial charge in [0.1, 0.15) is 12.4 Å². The number of aromatic amines is 1. The number of imidazole rings is 1. The summed E-state index contributed by atoms with van der Waals surface area (Å²) in [5.74, 6) is -0.152. The number of benzene rings is 1. The van der Waals surface area contributed by atoms with Gasteiger partial charge in [0.05, 0.1) is 0 Å². The van der Waals surface area contributed by atoms with Gasteiger partial charge in [-0.25, -0.2) is 14.6 Å². The van der Waals surface area contributed by atoms with Crippen molar-refractivity contribution in [2.24, 2.45) is 0 Å². The SMILES string of the molecule is CCCCn1c(=O)[nH]c(=O)c2c1nc(COC(=O)/C=C/c1cccc(Cl)c1)n2CC. The zero-order chi connectivity index (χ0) is 21.7. The average Bonchev–Trinajstić information content (AvgIpc) is 3.09.